The van der Waals surface area contributed by atoms with Crippen LogP contribution in [0.5, 0.6) is 0 Å². The molecule has 0 spiro atoms. The zero-order valence-electron chi connectivity index (χ0n) is 7.00. The Balaban J connectivity index is 2.65. The predicted octanol–water partition coefficient (Wildman–Crippen LogP) is 2.54. The summed E-state index contributed by atoms with van der Waals surface area (Å²) in [6.07, 6.45) is 1.63. The molecule has 64 valence electrons. The number of hydrazone groups is 1. The zero-order valence-corrected chi connectivity index (χ0v) is 7.76. The molecule has 0 aliphatic rings. The van der Waals surface area contributed by atoms with Gasteiger partial charge in [0, 0.05) is 5.71 Å². The van der Waals surface area contributed by atoms with Crippen molar-refractivity contribution < 1.29 is 0 Å². The molecule has 1 N–H and O–H groups in total. The highest BCUT2D eigenvalue weighted by atomic mass is 35.5. The summed E-state index contributed by atoms with van der Waals surface area (Å²) < 4.78 is 0. The summed E-state index contributed by atoms with van der Waals surface area (Å²) >= 11 is 5.60. The van der Waals surface area contributed by atoms with Crippen molar-refractivity contribution in [3.63, 3.8) is 0 Å². The predicted molar refractivity (Wildman–Crippen MR) is 51.7 cm³/mol. The SMILES string of the molecule is CC(C)=NNc1ccc(Cl)nc1. The highest BCUT2D eigenvalue weighted by Gasteiger charge is 1.90. The Morgan fingerprint density at radius 1 is 1.50 bits per heavy atom. The van der Waals surface area contributed by atoms with Crippen LogP contribution in [0, 0.1) is 0 Å². The fourth-order valence-corrected chi connectivity index (χ4v) is 0.730. The van der Waals surface area contributed by atoms with Gasteiger partial charge in [0.15, 0.2) is 0 Å². The van der Waals surface area contributed by atoms with Gasteiger partial charge in [0.1, 0.15) is 5.15 Å². The molecule has 0 bridgehead atoms. The number of nitrogens with zero attached hydrogens (tertiary/aromatic N) is 2. The fourth-order valence-electron chi connectivity index (χ4n) is 0.618. The van der Waals surface area contributed by atoms with Gasteiger partial charge in [0.05, 0.1) is 11.9 Å². The smallest absolute Gasteiger partial charge is 0.129 e. The molecule has 0 aromatic carbocycles. The van der Waals surface area contributed by atoms with Gasteiger partial charge in [-0.3, -0.25) is 5.43 Å². The number of hydrogen-bond donors (Lipinski definition) is 1. The molecule has 0 aliphatic heterocycles. The summed E-state index contributed by atoms with van der Waals surface area (Å²) in [4.78, 5) is 3.89. The van der Waals surface area contributed by atoms with Gasteiger partial charge in [-0.1, -0.05) is 11.6 Å². The maximum atomic E-state index is 5.60. The lowest BCUT2D eigenvalue weighted by atomic mass is 10.4. The van der Waals surface area contributed by atoms with Gasteiger partial charge in [-0.05, 0) is 26.0 Å². The van der Waals surface area contributed by atoms with Gasteiger partial charge >= 0.3 is 0 Å². The van der Waals surface area contributed by atoms with Crippen molar-refractivity contribution in [3.05, 3.63) is 23.5 Å². The molecular weight excluding hydrogens is 174 g/mol. The van der Waals surface area contributed by atoms with Crippen molar-refractivity contribution in [2.24, 2.45) is 5.10 Å². The minimum absolute atomic E-state index is 0.484. The average molecular weight is 184 g/mol. The zero-order chi connectivity index (χ0) is 8.97. The summed E-state index contributed by atoms with van der Waals surface area (Å²) in [7, 11) is 0. The van der Waals surface area contributed by atoms with Crippen LogP contribution in [0.15, 0.2) is 23.4 Å². The van der Waals surface area contributed by atoms with E-state index >= 15 is 0 Å². The van der Waals surface area contributed by atoms with E-state index in [4.69, 9.17) is 11.6 Å². The van der Waals surface area contributed by atoms with Crippen molar-refractivity contribution >= 4 is 23.0 Å². The van der Waals surface area contributed by atoms with Crippen LogP contribution in [-0.2, 0) is 0 Å². The number of anilines is 1. The number of nitrogens with one attached hydrogen (secondary N) is 1. The summed E-state index contributed by atoms with van der Waals surface area (Å²) in [5, 5.41) is 4.49. The molecule has 0 aliphatic carbocycles. The minimum Gasteiger partial charge on any atom is -0.277 e. The van der Waals surface area contributed by atoms with Crippen LogP contribution >= 0.6 is 11.6 Å². The van der Waals surface area contributed by atoms with Crippen molar-refractivity contribution in [2.45, 2.75) is 13.8 Å². The number of rotatable bonds is 2. The molecule has 3 nitrogen and oxygen atoms in total. The Morgan fingerprint density at radius 2 is 2.25 bits per heavy atom. The van der Waals surface area contributed by atoms with Gasteiger partial charge in [-0.2, -0.15) is 5.10 Å². The van der Waals surface area contributed by atoms with Crippen LogP contribution in [0.3, 0.4) is 0 Å². The maximum Gasteiger partial charge on any atom is 0.129 e. The molecule has 1 heterocycles. The largest absolute Gasteiger partial charge is 0.277 e. The molecular formula is C8H10ClN3. The van der Waals surface area contributed by atoms with Crippen molar-refractivity contribution in [1.29, 1.82) is 0 Å². The molecule has 0 unspecified atom stereocenters. The lowest BCUT2D eigenvalue weighted by Crippen LogP contribution is -1.92. The molecule has 1 aromatic heterocycles. The number of halogens is 1. The second-order valence-corrected chi connectivity index (χ2v) is 2.93. The van der Waals surface area contributed by atoms with E-state index in [2.05, 4.69) is 15.5 Å². The molecule has 4 heteroatoms. The average Bonchev–Trinajstić information content (AvgIpc) is 2.03. The summed E-state index contributed by atoms with van der Waals surface area (Å²) in [5.41, 5.74) is 4.63. The molecule has 1 aromatic rings. The molecule has 1 rings (SSSR count). The first-order valence-electron chi connectivity index (χ1n) is 3.57. The van der Waals surface area contributed by atoms with E-state index in [0.717, 1.165) is 11.4 Å². The third-order valence-corrected chi connectivity index (χ3v) is 1.36. The summed E-state index contributed by atoms with van der Waals surface area (Å²) in [6.45, 7) is 3.83. The van der Waals surface area contributed by atoms with Crippen molar-refractivity contribution in [2.75, 3.05) is 5.43 Å². The van der Waals surface area contributed by atoms with Crippen molar-refractivity contribution in [1.82, 2.24) is 4.98 Å². The normalized spacial score (nSPS) is 9.25. The Bertz CT molecular complexity index is 275. The van der Waals surface area contributed by atoms with Crippen LogP contribution in [0.2, 0.25) is 5.15 Å². The first kappa shape index (κ1) is 9.00. The second kappa shape index (κ2) is 4.07. The standard InChI is InChI=1S/C8H10ClN3/c1-6(2)11-12-7-3-4-8(9)10-5-7/h3-5,12H,1-2H3. The second-order valence-electron chi connectivity index (χ2n) is 2.54. The third kappa shape index (κ3) is 2.88. The van der Waals surface area contributed by atoms with Gasteiger partial charge in [-0.25, -0.2) is 4.98 Å². The van der Waals surface area contributed by atoms with Crippen LogP contribution < -0.4 is 5.43 Å². The quantitative estimate of drug-likeness (QED) is 0.435. The van der Waals surface area contributed by atoms with Gasteiger partial charge in [0.2, 0.25) is 0 Å². The van der Waals surface area contributed by atoms with Crippen LogP contribution in [0.1, 0.15) is 13.8 Å². The van der Waals surface area contributed by atoms with Gasteiger partial charge in [0.25, 0.3) is 0 Å². The highest BCUT2D eigenvalue weighted by Crippen LogP contribution is 2.09. The fraction of sp³-hybridized carbons (Fsp3) is 0.250. The van der Waals surface area contributed by atoms with Crippen LogP contribution in [0.25, 0.3) is 0 Å². The lowest BCUT2D eigenvalue weighted by molar-refractivity contribution is 1.26. The maximum absolute atomic E-state index is 5.60. The molecule has 0 radical (unpaired) electrons. The lowest BCUT2D eigenvalue weighted by Gasteiger charge is -1.98. The van der Waals surface area contributed by atoms with Crippen LogP contribution in [0.4, 0.5) is 5.69 Å². The molecule has 0 saturated carbocycles. The number of pyridine rings is 1. The van der Waals surface area contributed by atoms with E-state index in [-0.39, 0.29) is 0 Å². The topological polar surface area (TPSA) is 37.3 Å². The van der Waals surface area contributed by atoms with Gasteiger partial charge in [-0.15, -0.1) is 0 Å². The first-order chi connectivity index (χ1) is 5.68. The minimum atomic E-state index is 0.484. The Labute approximate surface area is 76.5 Å². The molecule has 0 atom stereocenters. The van der Waals surface area contributed by atoms with E-state index < -0.39 is 0 Å². The van der Waals surface area contributed by atoms with Crippen LogP contribution in [-0.4, -0.2) is 10.7 Å². The Hall–Kier alpha value is -1.09. The Morgan fingerprint density at radius 3 is 2.75 bits per heavy atom. The molecule has 0 fully saturated rings. The van der Waals surface area contributed by atoms with E-state index in [1.807, 2.05) is 19.9 Å². The molecule has 12 heavy (non-hydrogen) atoms. The monoisotopic (exact) mass is 183 g/mol. The van der Waals surface area contributed by atoms with E-state index in [0.29, 0.717) is 5.15 Å². The summed E-state index contributed by atoms with van der Waals surface area (Å²) in [6, 6.07) is 3.53. The van der Waals surface area contributed by atoms with Crippen molar-refractivity contribution in [3.8, 4) is 0 Å². The van der Waals surface area contributed by atoms with E-state index in [1.165, 1.54) is 0 Å². The third-order valence-electron chi connectivity index (χ3n) is 1.14. The van der Waals surface area contributed by atoms with E-state index in [9.17, 15) is 0 Å². The Kier molecular flexibility index (Phi) is 3.05. The highest BCUT2D eigenvalue weighted by molar-refractivity contribution is 6.29. The number of aromatic nitrogens is 1. The van der Waals surface area contributed by atoms with Gasteiger partial charge < -0.3 is 0 Å². The first-order valence-corrected chi connectivity index (χ1v) is 3.95. The summed E-state index contributed by atoms with van der Waals surface area (Å²) in [5.74, 6) is 0. The molecule has 0 saturated heterocycles. The molecule has 0 amide bonds. The number of hydrogen-bond acceptors (Lipinski definition) is 3. The van der Waals surface area contributed by atoms with E-state index in [1.54, 1.807) is 12.3 Å².